The van der Waals surface area contributed by atoms with Crippen molar-refractivity contribution in [2.24, 2.45) is 0 Å². The quantitative estimate of drug-likeness (QED) is 0.838. The Morgan fingerprint density at radius 2 is 2.11 bits per heavy atom. The van der Waals surface area contributed by atoms with E-state index in [1.54, 1.807) is 30.5 Å². The summed E-state index contributed by atoms with van der Waals surface area (Å²) in [6.07, 6.45) is 2.98. The number of aromatic amines is 1. The van der Waals surface area contributed by atoms with E-state index in [-0.39, 0.29) is 5.57 Å². The molecule has 0 aliphatic rings. The fourth-order valence-electron chi connectivity index (χ4n) is 1.52. The number of hydrogen-bond acceptors (Lipinski definition) is 4. The van der Waals surface area contributed by atoms with Gasteiger partial charge >= 0.3 is 0 Å². The lowest BCUT2D eigenvalue weighted by Gasteiger charge is -2.08. The maximum absolute atomic E-state index is 8.69. The molecule has 0 amide bonds. The zero-order valence-electron chi connectivity index (χ0n) is 9.68. The molecule has 0 fully saturated rings. The van der Waals surface area contributed by atoms with Crippen LogP contribution in [0.25, 0.3) is 11.3 Å². The molecule has 0 bridgehead atoms. The number of nitriles is 2. The zero-order valence-corrected chi connectivity index (χ0v) is 10.4. The van der Waals surface area contributed by atoms with E-state index in [1.165, 1.54) is 6.20 Å². The van der Waals surface area contributed by atoms with Gasteiger partial charge in [0.2, 0.25) is 0 Å². The second-order valence-corrected chi connectivity index (χ2v) is 4.02. The van der Waals surface area contributed by atoms with E-state index < -0.39 is 0 Å². The SMILES string of the molecule is N#CC(C#N)=CNc1cc(Cl)ccc1-c1ccn[nH]1. The molecule has 0 saturated carbocycles. The van der Waals surface area contributed by atoms with Crippen molar-refractivity contribution in [2.75, 3.05) is 5.32 Å². The summed E-state index contributed by atoms with van der Waals surface area (Å²) >= 11 is 5.94. The highest BCUT2D eigenvalue weighted by atomic mass is 35.5. The topological polar surface area (TPSA) is 88.3 Å². The fourth-order valence-corrected chi connectivity index (χ4v) is 1.69. The van der Waals surface area contributed by atoms with Gasteiger partial charge in [-0.05, 0) is 24.3 Å². The Kier molecular flexibility index (Phi) is 3.82. The molecule has 0 aliphatic carbocycles. The van der Waals surface area contributed by atoms with Crippen LogP contribution < -0.4 is 5.32 Å². The van der Waals surface area contributed by atoms with Gasteiger partial charge in [-0.1, -0.05) is 11.6 Å². The number of nitrogens with one attached hydrogen (secondary N) is 2. The molecule has 0 unspecified atom stereocenters. The molecular weight excluding hydrogens is 262 g/mol. The molecule has 92 valence electrons. The van der Waals surface area contributed by atoms with Crippen molar-refractivity contribution in [3.63, 3.8) is 0 Å². The number of nitrogens with zero attached hydrogens (tertiary/aromatic N) is 3. The van der Waals surface area contributed by atoms with Gasteiger partial charge in [0.15, 0.2) is 0 Å². The van der Waals surface area contributed by atoms with Crippen molar-refractivity contribution in [1.82, 2.24) is 10.2 Å². The molecule has 2 aromatic rings. The van der Waals surface area contributed by atoms with Gasteiger partial charge in [-0.2, -0.15) is 15.6 Å². The van der Waals surface area contributed by atoms with Crippen molar-refractivity contribution in [2.45, 2.75) is 0 Å². The third kappa shape index (κ3) is 2.92. The lowest BCUT2D eigenvalue weighted by molar-refractivity contribution is 1.10. The monoisotopic (exact) mass is 269 g/mol. The van der Waals surface area contributed by atoms with E-state index in [2.05, 4.69) is 15.5 Å². The van der Waals surface area contributed by atoms with Crippen molar-refractivity contribution < 1.29 is 0 Å². The van der Waals surface area contributed by atoms with Gasteiger partial charge in [0.25, 0.3) is 0 Å². The van der Waals surface area contributed by atoms with Crippen molar-refractivity contribution in [3.8, 4) is 23.4 Å². The summed E-state index contributed by atoms with van der Waals surface area (Å²) in [5, 5.41) is 27.6. The molecule has 2 N–H and O–H groups in total. The van der Waals surface area contributed by atoms with Crippen molar-refractivity contribution >= 4 is 17.3 Å². The van der Waals surface area contributed by atoms with Gasteiger partial charge in [0.1, 0.15) is 17.7 Å². The molecule has 0 spiro atoms. The number of aromatic nitrogens is 2. The van der Waals surface area contributed by atoms with Gasteiger partial charge in [-0.15, -0.1) is 0 Å². The normalized spacial score (nSPS) is 9.21. The average molecular weight is 270 g/mol. The summed E-state index contributed by atoms with van der Waals surface area (Å²) in [6.45, 7) is 0. The minimum absolute atomic E-state index is 0.0180. The van der Waals surface area contributed by atoms with Crippen LogP contribution >= 0.6 is 11.6 Å². The summed E-state index contributed by atoms with van der Waals surface area (Å²) in [6, 6.07) is 10.6. The minimum Gasteiger partial charge on any atom is -0.359 e. The number of H-pyrrole nitrogens is 1. The predicted octanol–water partition coefficient (Wildman–Crippen LogP) is 3.07. The van der Waals surface area contributed by atoms with Crippen LogP contribution in [0.4, 0.5) is 5.69 Å². The van der Waals surface area contributed by atoms with Crippen LogP contribution in [0.15, 0.2) is 42.2 Å². The predicted molar refractivity (Wildman–Crippen MR) is 72.0 cm³/mol. The fraction of sp³-hybridized carbons (Fsp3) is 0. The molecule has 2 rings (SSSR count). The summed E-state index contributed by atoms with van der Waals surface area (Å²) in [4.78, 5) is 0. The maximum Gasteiger partial charge on any atom is 0.145 e. The van der Waals surface area contributed by atoms with Crippen LogP contribution in [0.1, 0.15) is 0 Å². The van der Waals surface area contributed by atoms with Crippen molar-refractivity contribution in [3.05, 3.63) is 47.3 Å². The summed E-state index contributed by atoms with van der Waals surface area (Å²) < 4.78 is 0. The molecule has 0 aliphatic heterocycles. The lowest BCUT2D eigenvalue weighted by Crippen LogP contribution is -1.93. The Hall–Kier alpha value is -2.76. The lowest BCUT2D eigenvalue weighted by atomic mass is 10.1. The second-order valence-electron chi connectivity index (χ2n) is 3.59. The van der Waals surface area contributed by atoms with E-state index in [4.69, 9.17) is 22.1 Å². The van der Waals surface area contributed by atoms with Crippen LogP contribution in [0.5, 0.6) is 0 Å². The Morgan fingerprint density at radius 1 is 1.32 bits per heavy atom. The molecule has 0 radical (unpaired) electrons. The average Bonchev–Trinajstić information content (AvgIpc) is 2.94. The van der Waals surface area contributed by atoms with Crippen LogP contribution in [-0.2, 0) is 0 Å². The summed E-state index contributed by atoms with van der Waals surface area (Å²) in [5.74, 6) is 0. The number of rotatable bonds is 3. The summed E-state index contributed by atoms with van der Waals surface area (Å²) in [5.41, 5.74) is 2.31. The molecule has 19 heavy (non-hydrogen) atoms. The van der Waals surface area contributed by atoms with Gasteiger partial charge in [0.05, 0.1) is 5.69 Å². The number of benzene rings is 1. The highest BCUT2D eigenvalue weighted by Crippen LogP contribution is 2.29. The van der Waals surface area contributed by atoms with Gasteiger partial charge in [0, 0.05) is 28.7 Å². The van der Waals surface area contributed by atoms with Crippen LogP contribution in [-0.4, -0.2) is 10.2 Å². The smallest absolute Gasteiger partial charge is 0.145 e. The van der Waals surface area contributed by atoms with Crippen LogP contribution in [0.3, 0.4) is 0 Å². The largest absolute Gasteiger partial charge is 0.359 e. The van der Waals surface area contributed by atoms with Gasteiger partial charge in [-0.3, -0.25) is 5.10 Å². The van der Waals surface area contributed by atoms with E-state index >= 15 is 0 Å². The van der Waals surface area contributed by atoms with E-state index in [0.717, 1.165) is 11.3 Å². The first-order valence-electron chi connectivity index (χ1n) is 5.31. The van der Waals surface area contributed by atoms with Crippen LogP contribution in [0.2, 0.25) is 5.02 Å². The van der Waals surface area contributed by atoms with E-state index in [1.807, 2.05) is 12.1 Å². The number of halogens is 1. The van der Waals surface area contributed by atoms with Crippen LogP contribution in [0, 0.1) is 22.7 Å². The Bertz CT molecular complexity index is 673. The Balaban J connectivity index is 2.40. The third-order valence-electron chi connectivity index (χ3n) is 2.39. The highest BCUT2D eigenvalue weighted by molar-refractivity contribution is 6.31. The first kappa shape index (κ1) is 12.7. The number of anilines is 1. The molecule has 1 heterocycles. The molecule has 5 nitrogen and oxygen atoms in total. The Labute approximate surface area is 114 Å². The maximum atomic E-state index is 8.69. The van der Waals surface area contributed by atoms with Gasteiger partial charge in [-0.25, -0.2) is 0 Å². The zero-order chi connectivity index (χ0) is 13.7. The third-order valence-corrected chi connectivity index (χ3v) is 2.62. The summed E-state index contributed by atoms with van der Waals surface area (Å²) in [7, 11) is 0. The first-order valence-corrected chi connectivity index (χ1v) is 5.68. The second kappa shape index (κ2) is 5.72. The molecule has 1 aromatic heterocycles. The molecule has 1 aromatic carbocycles. The van der Waals surface area contributed by atoms with E-state index in [0.29, 0.717) is 10.7 Å². The van der Waals surface area contributed by atoms with Crippen molar-refractivity contribution in [1.29, 1.82) is 10.5 Å². The molecule has 0 atom stereocenters. The minimum atomic E-state index is -0.0180. The Morgan fingerprint density at radius 3 is 2.74 bits per heavy atom. The molecule has 0 saturated heterocycles. The standard InChI is InChI=1S/C13H8ClN5/c14-10-1-2-11(12-3-4-18-19-12)13(5-10)17-8-9(6-15)7-16/h1-5,8,17H,(H,18,19). The van der Waals surface area contributed by atoms with E-state index in [9.17, 15) is 0 Å². The first-order chi connectivity index (χ1) is 9.24. The molecular formula is C13H8ClN5. The number of hydrogen-bond donors (Lipinski definition) is 2. The highest BCUT2D eigenvalue weighted by Gasteiger charge is 2.06. The van der Waals surface area contributed by atoms with Gasteiger partial charge < -0.3 is 5.32 Å². The molecule has 6 heteroatoms. The number of allylic oxidation sites excluding steroid dienone is 1.